The number of hydrogen-bond acceptors (Lipinski definition) is 2. The highest BCUT2D eigenvalue weighted by Gasteiger charge is 2.16. The molecule has 0 aliphatic carbocycles. The molecule has 0 aliphatic rings. The number of benzene rings is 8. The van der Waals surface area contributed by atoms with Gasteiger partial charge in [0.2, 0.25) is 0 Å². The lowest BCUT2D eigenvalue weighted by Gasteiger charge is -2.16. The van der Waals surface area contributed by atoms with Crippen LogP contribution in [0.15, 0.2) is 171 Å². The first-order valence-corrected chi connectivity index (χ1v) is 17.4. The van der Waals surface area contributed by atoms with E-state index in [4.69, 9.17) is 0 Å². The first-order chi connectivity index (χ1) is 25.1. The Labute approximate surface area is 297 Å². The Bertz CT molecular complexity index is 2830. The van der Waals surface area contributed by atoms with Crippen molar-refractivity contribution >= 4 is 59.7 Å². The molecular formula is C48H35N3. The molecule has 10 aromatic rings. The predicted octanol–water partition coefficient (Wildman–Crippen LogP) is 12.8. The fraction of sp³-hybridized carbons (Fsp3) is 0.0417. The van der Waals surface area contributed by atoms with E-state index in [0.717, 1.165) is 22.6 Å². The molecule has 0 radical (unpaired) electrons. The predicted molar refractivity (Wildman–Crippen MR) is 217 cm³/mol. The molecule has 3 heteroatoms. The van der Waals surface area contributed by atoms with Gasteiger partial charge in [-0.3, -0.25) is 0 Å². The molecule has 10 rings (SSSR count). The van der Waals surface area contributed by atoms with Crippen LogP contribution in [0.5, 0.6) is 0 Å². The summed E-state index contributed by atoms with van der Waals surface area (Å²) in [7, 11) is 0. The molecule has 0 atom stereocenters. The lowest BCUT2D eigenvalue weighted by Crippen LogP contribution is -1.94. The van der Waals surface area contributed by atoms with E-state index in [1.165, 1.54) is 76.4 Å². The summed E-state index contributed by atoms with van der Waals surface area (Å²) in [4.78, 5) is 9.10. The van der Waals surface area contributed by atoms with Crippen molar-refractivity contribution < 1.29 is 0 Å². The van der Waals surface area contributed by atoms with Crippen LogP contribution in [0.4, 0.5) is 0 Å². The van der Waals surface area contributed by atoms with E-state index in [-0.39, 0.29) is 0 Å². The minimum Gasteiger partial charge on any atom is -0.309 e. The topological polar surface area (TPSA) is 30.7 Å². The molecule has 0 N–H and O–H groups in total. The Morgan fingerprint density at radius 1 is 0.510 bits per heavy atom. The number of aromatic nitrogens is 3. The third-order valence-electron chi connectivity index (χ3n) is 10.1. The van der Waals surface area contributed by atoms with Crippen molar-refractivity contribution in [2.75, 3.05) is 0 Å². The van der Waals surface area contributed by atoms with E-state index < -0.39 is 0 Å². The molecule has 242 valence electrons. The third-order valence-corrected chi connectivity index (χ3v) is 10.1. The summed E-state index contributed by atoms with van der Waals surface area (Å²) in [5, 5.41) is 10.0. The van der Waals surface area contributed by atoms with E-state index in [2.05, 4.69) is 161 Å². The molecule has 2 aromatic heterocycles. The van der Waals surface area contributed by atoms with Gasteiger partial charge in [-0.1, -0.05) is 127 Å². The number of fused-ring (bicyclic) bond motifs is 3. The molecule has 8 aromatic carbocycles. The molecular weight excluding hydrogens is 619 g/mol. The number of rotatable bonds is 4. The molecule has 0 bridgehead atoms. The second kappa shape index (κ2) is 12.4. The van der Waals surface area contributed by atoms with Crippen LogP contribution in [0.3, 0.4) is 0 Å². The SMILES string of the molecule is C=C(C)c1ccccc1C.c1cnc(-c2ccc3ccc4c(-c5ccc(-n6c7ccccc7c7ccccc76)cc5)ccc5ccc2c3c54)nc1. The molecule has 2 heterocycles. The van der Waals surface area contributed by atoms with Crippen LogP contribution >= 0.6 is 0 Å². The summed E-state index contributed by atoms with van der Waals surface area (Å²) in [5.41, 5.74) is 10.8. The van der Waals surface area contributed by atoms with E-state index >= 15 is 0 Å². The van der Waals surface area contributed by atoms with Crippen LogP contribution in [0.2, 0.25) is 0 Å². The van der Waals surface area contributed by atoms with Crippen LogP contribution in [-0.4, -0.2) is 14.5 Å². The average Bonchev–Trinajstić information content (AvgIpc) is 3.52. The van der Waals surface area contributed by atoms with E-state index in [1.54, 1.807) is 12.4 Å². The second-order valence-corrected chi connectivity index (χ2v) is 13.2. The summed E-state index contributed by atoms with van der Waals surface area (Å²) < 4.78 is 2.37. The summed E-state index contributed by atoms with van der Waals surface area (Å²) in [6.07, 6.45) is 3.61. The zero-order chi connectivity index (χ0) is 34.5. The first-order valence-electron chi connectivity index (χ1n) is 17.4. The molecule has 0 fully saturated rings. The summed E-state index contributed by atoms with van der Waals surface area (Å²) in [6.45, 7) is 8.02. The smallest absolute Gasteiger partial charge is 0.159 e. The van der Waals surface area contributed by atoms with Crippen molar-refractivity contribution in [3.05, 3.63) is 182 Å². The van der Waals surface area contributed by atoms with E-state index in [0.29, 0.717) is 0 Å². The lowest BCUT2D eigenvalue weighted by molar-refractivity contribution is 1.18. The minimum atomic E-state index is 0.756. The zero-order valence-corrected chi connectivity index (χ0v) is 28.6. The number of allylic oxidation sites excluding steroid dienone is 1. The monoisotopic (exact) mass is 653 g/mol. The Kier molecular flexibility index (Phi) is 7.40. The Hall–Kier alpha value is -6.58. The van der Waals surface area contributed by atoms with Crippen LogP contribution in [0.1, 0.15) is 18.1 Å². The van der Waals surface area contributed by atoms with Crippen LogP contribution in [0.25, 0.3) is 87.9 Å². The quantitative estimate of drug-likeness (QED) is 0.177. The maximum Gasteiger partial charge on any atom is 0.159 e. The molecule has 0 aliphatic heterocycles. The minimum absolute atomic E-state index is 0.756. The summed E-state index contributed by atoms with van der Waals surface area (Å²) in [6, 6.07) is 54.3. The van der Waals surface area contributed by atoms with Gasteiger partial charge in [0.25, 0.3) is 0 Å². The highest BCUT2D eigenvalue weighted by molar-refractivity contribution is 6.27. The highest BCUT2D eigenvalue weighted by Crippen LogP contribution is 2.42. The lowest BCUT2D eigenvalue weighted by atomic mass is 9.88. The number of para-hydroxylation sites is 2. The van der Waals surface area contributed by atoms with Gasteiger partial charge in [-0.15, -0.1) is 0 Å². The maximum atomic E-state index is 4.55. The third kappa shape index (κ3) is 5.14. The molecule has 51 heavy (non-hydrogen) atoms. The van der Waals surface area contributed by atoms with Crippen LogP contribution in [0, 0.1) is 6.92 Å². The van der Waals surface area contributed by atoms with Crippen molar-refractivity contribution in [2.45, 2.75) is 13.8 Å². The highest BCUT2D eigenvalue weighted by atomic mass is 15.0. The molecule has 3 nitrogen and oxygen atoms in total. The molecule has 0 saturated carbocycles. The van der Waals surface area contributed by atoms with Gasteiger partial charge in [0.15, 0.2) is 5.82 Å². The Morgan fingerprint density at radius 2 is 1.04 bits per heavy atom. The number of aryl methyl sites for hydroxylation is 1. The summed E-state index contributed by atoms with van der Waals surface area (Å²) in [5.74, 6) is 0.756. The number of nitrogens with zero attached hydrogens (tertiary/aromatic N) is 3. The summed E-state index contributed by atoms with van der Waals surface area (Å²) >= 11 is 0. The number of hydrogen-bond donors (Lipinski definition) is 0. The van der Waals surface area contributed by atoms with Gasteiger partial charge >= 0.3 is 0 Å². The van der Waals surface area contributed by atoms with Crippen LogP contribution in [-0.2, 0) is 0 Å². The van der Waals surface area contributed by atoms with Gasteiger partial charge in [0, 0.05) is 34.4 Å². The maximum absolute atomic E-state index is 4.55. The Morgan fingerprint density at radius 3 is 1.63 bits per heavy atom. The fourth-order valence-electron chi connectivity index (χ4n) is 7.73. The van der Waals surface area contributed by atoms with Crippen molar-refractivity contribution in [3.8, 4) is 28.2 Å². The molecule has 0 spiro atoms. The van der Waals surface area contributed by atoms with Crippen molar-refractivity contribution in [1.82, 2.24) is 14.5 Å². The first kappa shape index (κ1) is 30.5. The molecule has 0 unspecified atom stereocenters. The van der Waals surface area contributed by atoms with Gasteiger partial charge < -0.3 is 4.57 Å². The van der Waals surface area contributed by atoms with Gasteiger partial charge in [-0.25, -0.2) is 9.97 Å². The van der Waals surface area contributed by atoms with Crippen LogP contribution < -0.4 is 0 Å². The van der Waals surface area contributed by atoms with Gasteiger partial charge in [-0.2, -0.15) is 0 Å². The fourth-order valence-corrected chi connectivity index (χ4v) is 7.73. The van der Waals surface area contributed by atoms with E-state index in [9.17, 15) is 0 Å². The molecule has 0 saturated heterocycles. The van der Waals surface area contributed by atoms with Gasteiger partial charge in [0.05, 0.1) is 11.0 Å². The van der Waals surface area contributed by atoms with Crippen molar-refractivity contribution in [1.29, 1.82) is 0 Å². The van der Waals surface area contributed by atoms with Gasteiger partial charge in [0.1, 0.15) is 0 Å². The largest absolute Gasteiger partial charge is 0.309 e. The second-order valence-electron chi connectivity index (χ2n) is 13.2. The van der Waals surface area contributed by atoms with E-state index in [1.807, 2.05) is 25.1 Å². The van der Waals surface area contributed by atoms with Crippen molar-refractivity contribution in [2.24, 2.45) is 0 Å². The normalized spacial score (nSPS) is 11.4. The van der Waals surface area contributed by atoms with Gasteiger partial charge in [-0.05, 0) is 105 Å². The van der Waals surface area contributed by atoms with Crippen molar-refractivity contribution in [3.63, 3.8) is 0 Å². The Balaban J connectivity index is 0.000000303. The zero-order valence-electron chi connectivity index (χ0n) is 28.6. The molecule has 0 amide bonds. The standard InChI is InChI=1S/C38H23N3.C10H12/c1-3-8-34-29(6-1)30-7-2-4-9-35(30)41(34)27-16-10-24(11-17-27)28-18-12-25-14-20-32-33(38-39-22-5-23-40-38)21-15-26-13-19-31(28)36(25)37(26)32;1-8(2)10-7-5-4-6-9(10)3/h1-23H;4-7H,1H2,2-3H3. The average molecular weight is 654 g/mol.